The Morgan fingerprint density at radius 1 is 1.41 bits per heavy atom. The molecule has 5 heteroatoms. The molecule has 1 fully saturated rings. The minimum atomic E-state index is -0.134. The molecule has 0 bridgehead atoms. The highest BCUT2D eigenvalue weighted by atomic mass is 32.1. The van der Waals surface area contributed by atoms with Gasteiger partial charge in [-0.15, -0.1) is 0 Å². The number of aromatic nitrogens is 2. The number of imidazole rings is 1. The molecule has 0 spiro atoms. The van der Waals surface area contributed by atoms with E-state index in [-0.39, 0.29) is 5.41 Å². The predicted molar refractivity (Wildman–Crippen MR) is 88.3 cm³/mol. The van der Waals surface area contributed by atoms with Gasteiger partial charge in [0.2, 0.25) is 0 Å². The van der Waals surface area contributed by atoms with E-state index in [0.717, 1.165) is 39.0 Å². The summed E-state index contributed by atoms with van der Waals surface area (Å²) in [4.78, 5) is 6.54. The summed E-state index contributed by atoms with van der Waals surface area (Å²) in [5.74, 6) is 0. The highest BCUT2D eigenvalue weighted by Gasteiger charge is 2.35. The molecule has 0 unspecified atom stereocenters. The zero-order valence-corrected chi connectivity index (χ0v) is 13.6. The van der Waals surface area contributed by atoms with E-state index in [2.05, 4.69) is 37.3 Å². The maximum absolute atomic E-state index is 9.65. The van der Waals surface area contributed by atoms with Crippen molar-refractivity contribution in [3.63, 3.8) is 0 Å². The second-order valence-corrected chi connectivity index (χ2v) is 7.02. The zero-order valence-electron chi connectivity index (χ0n) is 12.8. The Kier molecular flexibility index (Phi) is 4.91. The Morgan fingerprint density at radius 2 is 2.27 bits per heavy atom. The van der Waals surface area contributed by atoms with E-state index in [1.807, 2.05) is 18.7 Å². The Labute approximate surface area is 136 Å². The second kappa shape index (κ2) is 7.08. The van der Waals surface area contributed by atoms with Gasteiger partial charge in [-0.05, 0) is 35.2 Å². The van der Waals surface area contributed by atoms with Gasteiger partial charge in [0.25, 0.3) is 0 Å². The maximum atomic E-state index is 9.65. The van der Waals surface area contributed by atoms with Gasteiger partial charge in [-0.3, -0.25) is 4.90 Å². The molecule has 3 rings (SSSR count). The molecule has 2 aromatic heterocycles. The average Bonchev–Trinajstić information content (AvgIpc) is 3.28. The lowest BCUT2D eigenvalue weighted by atomic mass is 9.87. The Morgan fingerprint density at radius 3 is 2.91 bits per heavy atom. The number of rotatable bonds is 7. The Bertz CT molecular complexity index is 591. The van der Waals surface area contributed by atoms with Crippen molar-refractivity contribution in [3.05, 3.63) is 41.1 Å². The molecule has 0 aromatic carbocycles. The predicted octanol–water partition coefficient (Wildman–Crippen LogP) is 3.53. The molecule has 2 aromatic rings. The molecule has 1 aliphatic carbocycles. The van der Waals surface area contributed by atoms with Crippen LogP contribution in [-0.4, -0.2) is 27.5 Å². The van der Waals surface area contributed by atoms with Crippen molar-refractivity contribution >= 4 is 11.3 Å². The lowest BCUT2D eigenvalue weighted by molar-refractivity contribution is 0.180. The molecule has 0 amide bonds. The third-order valence-corrected chi connectivity index (χ3v) is 5.28. The van der Waals surface area contributed by atoms with E-state index in [4.69, 9.17) is 0 Å². The third-order valence-electron chi connectivity index (χ3n) is 4.54. The smallest absolute Gasteiger partial charge is 0.0946 e. The van der Waals surface area contributed by atoms with E-state index < -0.39 is 0 Å². The average molecular weight is 314 g/mol. The molecular weight excluding hydrogens is 292 g/mol. The Hall–Kier alpha value is -1.64. The van der Waals surface area contributed by atoms with Gasteiger partial charge >= 0.3 is 0 Å². The van der Waals surface area contributed by atoms with Gasteiger partial charge in [0.15, 0.2) is 0 Å². The van der Waals surface area contributed by atoms with E-state index >= 15 is 0 Å². The van der Waals surface area contributed by atoms with E-state index in [1.165, 1.54) is 18.4 Å². The van der Waals surface area contributed by atoms with Gasteiger partial charge in [0, 0.05) is 38.6 Å². The van der Waals surface area contributed by atoms with E-state index in [1.54, 1.807) is 11.3 Å². The standard InChI is InChI=1S/C17H22N4S/c18-13-17(4-1-2-5-17)14-21(11-16-3-10-22-12-16)9-8-20-7-6-19-15-20/h3,6-7,10,12,15H,1-2,4-5,8-9,11,14H2. The lowest BCUT2D eigenvalue weighted by Crippen LogP contribution is -2.37. The first kappa shape index (κ1) is 15.3. The van der Waals surface area contributed by atoms with Crippen molar-refractivity contribution in [2.45, 2.75) is 38.8 Å². The minimum absolute atomic E-state index is 0.134. The topological polar surface area (TPSA) is 44.9 Å². The zero-order chi connectivity index (χ0) is 15.3. The molecule has 1 aliphatic rings. The number of nitriles is 1. The van der Waals surface area contributed by atoms with Crippen molar-refractivity contribution in [1.29, 1.82) is 5.26 Å². The number of thiophene rings is 1. The van der Waals surface area contributed by atoms with Gasteiger partial charge in [-0.25, -0.2) is 4.98 Å². The summed E-state index contributed by atoms with van der Waals surface area (Å²) in [7, 11) is 0. The van der Waals surface area contributed by atoms with Gasteiger partial charge in [-0.2, -0.15) is 16.6 Å². The number of hydrogen-bond donors (Lipinski definition) is 0. The molecule has 116 valence electrons. The van der Waals surface area contributed by atoms with Crippen molar-refractivity contribution in [1.82, 2.24) is 14.5 Å². The molecule has 0 radical (unpaired) electrons. The first-order chi connectivity index (χ1) is 10.8. The molecule has 0 N–H and O–H groups in total. The highest BCUT2D eigenvalue weighted by molar-refractivity contribution is 7.07. The van der Waals surface area contributed by atoms with Crippen LogP contribution in [0.5, 0.6) is 0 Å². The SMILES string of the molecule is N#CC1(CN(CCn2ccnc2)Cc2ccsc2)CCCC1. The molecule has 2 heterocycles. The van der Waals surface area contributed by atoms with Crippen LogP contribution in [0.25, 0.3) is 0 Å². The van der Waals surface area contributed by atoms with E-state index in [9.17, 15) is 5.26 Å². The highest BCUT2D eigenvalue weighted by Crippen LogP contribution is 2.38. The van der Waals surface area contributed by atoms with Crippen LogP contribution < -0.4 is 0 Å². The summed E-state index contributed by atoms with van der Waals surface area (Å²) in [6.07, 6.45) is 10.2. The molecule has 4 nitrogen and oxygen atoms in total. The van der Waals surface area contributed by atoms with Crippen LogP contribution in [0.1, 0.15) is 31.2 Å². The van der Waals surface area contributed by atoms with Crippen molar-refractivity contribution in [2.75, 3.05) is 13.1 Å². The fourth-order valence-electron chi connectivity index (χ4n) is 3.32. The molecule has 0 atom stereocenters. The van der Waals surface area contributed by atoms with E-state index in [0.29, 0.717) is 0 Å². The van der Waals surface area contributed by atoms with Crippen molar-refractivity contribution < 1.29 is 0 Å². The quantitative estimate of drug-likeness (QED) is 0.785. The first-order valence-electron chi connectivity index (χ1n) is 7.90. The maximum Gasteiger partial charge on any atom is 0.0946 e. The van der Waals surface area contributed by atoms with Crippen LogP contribution in [0, 0.1) is 16.7 Å². The van der Waals surface area contributed by atoms with Crippen LogP contribution in [-0.2, 0) is 13.1 Å². The van der Waals surface area contributed by atoms with Gasteiger partial charge in [0.1, 0.15) is 0 Å². The minimum Gasteiger partial charge on any atom is -0.336 e. The van der Waals surface area contributed by atoms with Crippen LogP contribution in [0.15, 0.2) is 35.5 Å². The van der Waals surface area contributed by atoms with Crippen LogP contribution >= 0.6 is 11.3 Å². The van der Waals surface area contributed by atoms with Crippen LogP contribution in [0.3, 0.4) is 0 Å². The number of nitrogens with zero attached hydrogens (tertiary/aromatic N) is 4. The summed E-state index contributed by atoms with van der Waals surface area (Å²) in [5.41, 5.74) is 1.21. The van der Waals surface area contributed by atoms with Gasteiger partial charge in [0.05, 0.1) is 17.8 Å². The summed E-state index contributed by atoms with van der Waals surface area (Å²) in [6, 6.07) is 4.81. The number of hydrogen-bond acceptors (Lipinski definition) is 4. The molecule has 0 aliphatic heterocycles. The molecule has 1 saturated carbocycles. The largest absolute Gasteiger partial charge is 0.336 e. The fraction of sp³-hybridized carbons (Fsp3) is 0.529. The normalized spacial score (nSPS) is 16.9. The van der Waals surface area contributed by atoms with Crippen LogP contribution in [0.2, 0.25) is 0 Å². The van der Waals surface area contributed by atoms with Gasteiger partial charge < -0.3 is 4.57 Å². The van der Waals surface area contributed by atoms with Crippen LogP contribution in [0.4, 0.5) is 0 Å². The Balaban J connectivity index is 1.66. The van der Waals surface area contributed by atoms with Gasteiger partial charge in [-0.1, -0.05) is 12.8 Å². The third kappa shape index (κ3) is 3.76. The monoisotopic (exact) mass is 314 g/mol. The molecular formula is C17H22N4S. The summed E-state index contributed by atoms with van der Waals surface area (Å²) in [5, 5.41) is 14.0. The lowest BCUT2D eigenvalue weighted by Gasteiger charge is -2.30. The second-order valence-electron chi connectivity index (χ2n) is 6.24. The molecule has 22 heavy (non-hydrogen) atoms. The summed E-state index contributed by atoms with van der Waals surface area (Å²) < 4.78 is 2.11. The first-order valence-corrected chi connectivity index (χ1v) is 8.84. The van der Waals surface area contributed by atoms with Crippen molar-refractivity contribution in [3.8, 4) is 6.07 Å². The van der Waals surface area contributed by atoms with Crippen molar-refractivity contribution in [2.24, 2.45) is 5.41 Å². The molecule has 0 saturated heterocycles. The summed E-state index contributed by atoms with van der Waals surface area (Å²) >= 11 is 1.74. The summed E-state index contributed by atoms with van der Waals surface area (Å²) in [6.45, 7) is 3.69. The fourth-order valence-corrected chi connectivity index (χ4v) is 3.98.